The van der Waals surface area contributed by atoms with Crippen LogP contribution in [0.15, 0.2) is 127 Å². The Kier molecular flexibility index (Phi) is 4.47. The molecular weight excluding hydrogens is 420 g/mol. The standard InChI is InChI=1S/C35H24/c1-23-12-14-26(15-13-23)28-18-16-27-17-19-30-32(24-8-4-2-5-9-24)22-33(25-10-6-3-7-11-25)31-21-20-29(28)34(27)35(30)31/h2-22H,1H3. The van der Waals surface area contributed by atoms with Crippen LogP contribution in [0.25, 0.3) is 65.7 Å². The van der Waals surface area contributed by atoms with E-state index in [1.807, 2.05) is 0 Å². The Labute approximate surface area is 205 Å². The quantitative estimate of drug-likeness (QED) is 0.238. The summed E-state index contributed by atoms with van der Waals surface area (Å²) in [7, 11) is 0. The van der Waals surface area contributed by atoms with Crippen molar-refractivity contribution in [3.63, 3.8) is 0 Å². The van der Waals surface area contributed by atoms with Gasteiger partial charge in [0.05, 0.1) is 0 Å². The van der Waals surface area contributed by atoms with E-state index in [1.165, 1.54) is 71.3 Å². The summed E-state index contributed by atoms with van der Waals surface area (Å²) in [5.74, 6) is 0. The van der Waals surface area contributed by atoms with E-state index >= 15 is 0 Å². The van der Waals surface area contributed by atoms with E-state index in [4.69, 9.17) is 0 Å². The van der Waals surface area contributed by atoms with Crippen molar-refractivity contribution in [1.29, 1.82) is 0 Å². The van der Waals surface area contributed by atoms with E-state index in [0.717, 1.165) is 0 Å². The van der Waals surface area contributed by atoms with Crippen molar-refractivity contribution < 1.29 is 0 Å². The zero-order valence-electron chi connectivity index (χ0n) is 19.6. The van der Waals surface area contributed by atoms with Gasteiger partial charge in [0.15, 0.2) is 0 Å². The molecule has 0 aromatic heterocycles. The molecule has 35 heavy (non-hydrogen) atoms. The van der Waals surface area contributed by atoms with Gasteiger partial charge in [-0.1, -0.05) is 127 Å². The first kappa shape index (κ1) is 20.0. The molecule has 0 spiro atoms. The maximum atomic E-state index is 2.38. The van der Waals surface area contributed by atoms with E-state index in [0.29, 0.717) is 0 Å². The third-order valence-corrected chi connectivity index (χ3v) is 7.31. The van der Waals surface area contributed by atoms with Crippen molar-refractivity contribution in [2.24, 2.45) is 0 Å². The van der Waals surface area contributed by atoms with Gasteiger partial charge in [0.25, 0.3) is 0 Å². The second kappa shape index (κ2) is 7.82. The lowest BCUT2D eigenvalue weighted by Gasteiger charge is -2.19. The Morgan fingerprint density at radius 2 is 0.857 bits per heavy atom. The molecule has 0 unspecified atom stereocenters. The maximum absolute atomic E-state index is 2.38. The van der Waals surface area contributed by atoms with Crippen LogP contribution < -0.4 is 0 Å². The largest absolute Gasteiger partial charge is 0.0622 e. The fourth-order valence-electron chi connectivity index (χ4n) is 5.59. The minimum absolute atomic E-state index is 1.25. The van der Waals surface area contributed by atoms with Crippen LogP contribution in [-0.2, 0) is 0 Å². The molecule has 0 aliphatic heterocycles. The Hall–Kier alpha value is -4.42. The molecule has 0 heterocycles. The lowest BCUT2D eigenvalue weighted by Crippen LogP contribution is -1.92. The highest BCUT2D eigenvalue weighted by Gasteiger charge is 2.18. The Morgan fingerprint density at radius 3 is 1.46 bits per heavy atom. The molecule has 0 aliphatic carbocycles. The second-order valence-corrected chi connectivity index (χ2v) is 9.43. The summed E-state index contributed by atoms with van der Waals surface area (Å²) >= 11 is 0. The predicted molar refractivity (Wildman–Crippen MR) is 151 cm³/mol. The van der Waals surface area contributed by atoms with Gasteiger partial charge in [0.2, 0.25) is 0 Å². The van der Waals surface area contributed by atoms with E-state index in [9.17, 15) is 0 Å². The number of benzene rings is 7. The van der Waals surface area contributed by atoms with Crippen molar-refractivity contribution in [2.75, 3.05) is 0 Å². The normalized spacial score (nSPS) is 11.6. The van der Waals surface area contributed by atoms with Gasteiger partial charge in [-0.15, -0.1) is 0 Å². The summed E-state index contributed by atoms with van der Waals surface area (Å²) in [6.45, 7) is 2.14. The van der Waals surface area contributed by atoms with Crippen molar-refractivity contribution in [3.05, 3.63) is 133 Å². The van der Waals surface area contributed by atoms with Crippen molar-refractivity contribution in [1.82, 2.24) is 0 Å². The van der Waals surface area contributed by atoms with E-state index in [2.05, 4.69) is 134 Å². The van der Waals surface area contributed by atoms with Gasteiger partial charge >= 0.3 is 0 Å². The van der Waals surface area contributed by atoms with Gasteiger partial charge in [-0.05, 0) is 78.7 Å². The Morgan fingerprint density at radius 1 is 0.371 bits per heavy atom. The van der Waals surface area contributed by atoms with Crippen LogP contribution in [0.5, 0.6) is 0 Å². The van der Waals surface area contributed by atoms with Gasteiger partial charge in [-0.25, -0.2) is 0 Å². The highest BCUT2D eigenvalue weighted by atomic mass is 14.2. The predicted octanol–water partition coefficient (Wildman–Crippen LogP) is 9.89. The second-order valence-electron chi connectivity index (χ2n) is 9.43. The topological polar surface area (TPSA) is 0 Å². The van der Waals surface area contributed by atoms with E-state index in [-0.39, 0.29) is 0 Å². The molecule has 0 radical (unpaired) electrons. The van der Waals surface area contributed by atoms with E-state index < -0.39 is 0 Å². The van der Waals surface area contributed by atoms with Crippen LogP contribution in [0.2, 0.25) is 0 Å². The van der Waals surface area contributed by atoms with Crippen LogP contribution in [0.1, 0.15) is 5.56 Å². The Bertz CT molecular complexity index is 1750. The minimum atomic E-state index is 1.25. The first-order valence-corrected chi connectivity index (χ1v) is 12.2. The number of rotatable bonds is 3. The minimum Gasteiger partial charge on any atom is -0.0622 e. The van der Waals surface area contributed by atoms with Crippen LogP contribution in [0.3, 0.4) is 0 Å². The molecule has 0 N–H and O–H groups in total. The van der Waals surface area contributed by atoms with Gasteiger partial charge in [-0.2, -0.15) is 0 Å². The Balaban J connectivity index is 1.65. The molecule has 0 fully saturated rings. The lowest BCUT2D eigenvalue weighted by atomic mass is 9.84. The molecule has 0 saturated carbocycles. The fraction of sp³-hybridized carbons (Fsp3) is 0.0286. The molecule has 0 heteroatoms. The van der Waals surface area contributed by atoms with Crippen molar-refractivity contribution in [3.8, 4) is 33.4 Å². The zero-order valence-corrected chi connectivity index (χ0v) is 19.6. The molecule has 7 rings (SSSR count). The summed E-state index contributed by atoms with van der Waals surface area (Å²) in [5, 5.41) is 7.93. The van der Waals surface area contributed by atoms with Gasteiger partial charge in [-0.3, -0.25) is 0 Å². The fourth-order valence-corrected chi connectivity index (χ4v) is 5.59. The summed E-state index contributed by atoms with van der Waals surface area (Å²) in [6.07, 6.45) is 0. The molecule has 7 aromatic rings. The number of aryl methyl sites for hydroxylation is 1. The maximum Gasteiger partial charge on any atom is -0.00141 e. The van der Waals surface area contributed by atoms with Crippen LogP contribution in [0, 0.1) is 6.92 Å². The molecule has 0 aliphatic rings. The van der Waals surface area contributed by atoms with Gasteiger partial charge in [0.1, 0.15) is 0 Å². The lowest BCUT2D eigenvalue weighted by molar-refractivity contribution is 1.47. The van der Waals surface area contributed by atoms with Crippen LogP contribution in [0.4, 0.5) is 0 Å². The monoisotopic (exact) mass is 444 g/mol. The number of hydrogen-bond donors (Lipinski definition) is 0. The summed E-state index contributed by atoms with van der Waals surface area (Å²) < 4.78 is 0. The smallest absolute Gasteiger partial charge is 0.00141 e. The third kappa shape index (κ3) is 3.15. The van der Waals surface area contributed by atoms with Crippen molar-refractivity contribution in [2.45, 2.75) is 6.92 Å². The highest BCUT2D eigenvalue weighted by Crippen LogP contribution is 2.45. The molecule has 164 valence electrons. The first-order chi connectivity index (χ1) is 17.3. The average Bonchev–Trinajstić information content (AvgIpc) is 2.93. The molecule has 0 bridgehead atoms. The molecule has 7 aromatic carbocycles. The van der Waals surface area contributed by atoms with Crippen LogP contribution in [-0.4, -0.2) is 0 Å². The molecular formula is C35H24. The zero-order chi connectivity index (χ0) is 23.4. The van der Waals surface area contributed by atoms with Crippen molar-refractivity contribution >= 4 is 32.3 Å². The molecule has 0 atom stereocenters. The summed E-state index contributed by atoms with van der Waals surface area (Å²) in [6, 6.07) is 46.7. The van der Waals surface area contributed by atoms with E-state index in [1.54, 1.807) is 0 Å². The SMILES string of the molecule is Cc1ccc(-c2ccc3ccc4c(-c5ccccc5)cc(-c5ccccc5)c5ccc2c3c45)cc1. The molecule has 0 nitrogen and oxygen atoms in total. The summed E-state index contributed by atoms with van der Waals surface area (Å²) in [4.78, 5) is 0. The van der Waals surface area contributed by atoms with Crippen LogP contribution >= 0.6 is 0 Å². The highest BCUT2D eigenvalue weighted by molar-refractivity contribution is 6.29. The summed E-state index contributed by atoms with van der Waals surface area (Å²) in [5.41, 5.74) is 8.91. The first-order valence-electron chi connectivity index (χ1n) is 12.2. The molecule has 0 saturated heterocycles. The van der Waals surface area contributed by atoms with Gasteiger partial charge < -0.3 is 0 Å². The third-order valence-electron chi connectivity index (χ3n) is 7.31. The molecule has 0 amide bonds. The average molecular weight is 445 g/mol. The van der Waals surface area contributed by atoms with Gasteiger partial charge in [0, 0.05) is 0 Å². The number of hydrogen-bond acceptors (Lipinski definition) is 0.